The van der Waals surface area contributed by atoms with Crippen LogP contribution < -0.4 is 10.6 Å². The third kappa shape index (κ3) is 8.94. The predicted octanol–water partition coefficient (Wildman–Crippen LogP) is 5.87. The van der Waals surface area contributed by atoms with Gasteiger partial charge in [-0.15, -0.1) is 32.9 Å². The van der Waals surface area contributed by atoms with Gasteiger partial charge in [0.25, 0.3) is 0 Å². The maximum absolute atomic E-state index is 14.1. The molecule has 2 fully saturated rings. The SMILES string of the molecule is Cc1ncsc1-c1ccc(CNC(=O)[C@@H]2C[C@@H](O)CN2C(=O)[C@@H](NC(=O)CCN2CCC(c3cc4nnc(-c5ccccc5O)cc4s3)CC2)C(C)(C)C)cc1. The van der Waals surface area contributed by atoms with E-state index in [1.54, 1.807) is 34.8 Å². The molecule has 2 aliphatic rings. The number of nitrogens with one attached hydrogen (secondary N) is 2. The molecular weight excluding hydrogens is 747 g/mol. The topological polar surface area (TPSA) is 161 Å². The molecule has 4 N–H and O–H groups in total. The Bertz CT molecular complexity index is 2190. The van der Waals surface area contributed by atoms with Gasteiger partial charge in [0, 0.05) is 42.9 Å². The number of aromatic hydroxyl groups is 1. The Labute approximate surface area is 335 Å². The van der Waals surface area contributed by atoms with Crippen molar-refractivity contribution in [3.63, 3.8) is 0 Å². The highest BCUT2D eigenvalue weighted by atomic mass is 32.1. The van der Waals surface area contributed by atoms with Crippen molar-refractivity contribution in [3.05, 3.63) is 82.3 Å². The van der Waals surface area contributed by atoms with E-state index in [1.807, 2.05) is 75.7 Å². The number of thiophene rings is 1. The van der Waals surface area contributed by atoms with Gasteiger partial charge in [0.15, 0.2) is 0 Å². The largest absolute Gasteiger partial charge is 0.507 e. The minimum atomic E-state index is -0.869. The first-order valence-electron chi connectivity index (χ1n) is 19.2. The van der Waals surface area contributed by atoms with Gasteiger partial charge in [-0.1, -0.05) is 57.2 Å². The van der Waals surface area contributed by atoms with Gasteiger partial charge in [0.2, 0.25) is 17.7 Å². The highest BCUT2D eigenvalue weighted by Gasteiger charge is 2.44. The van der Waals surface area contributed by atoms with E-state index in [9.17, 15) is 24.6 Å². The van der Waals surface area contributed by atoms with Crippen LogP contribution in [-0.2, 0) is 20.9 Å². The highest BCUT2D eigenvalue weighted by Crippen LogP contribution is 2.38. The Morgan fingerprint density at radius 3 is 2.46 bits per heavy atom. The molecule has 3 aromatic heterocycles. The van der Waals surface area contributed by atoms with Crippen LogP contribution in [-0.4, -0.2) is 97.3 Å². The maximum atomic E-state index is 14.1. The molecule has 0 saturated carbocycles. The lowest BCUT2D eigenvalue weighted by molar-refractivity contribution is -0.144. The van der Waals surface area contributed by atoms with Crippen LogP contribution in [0.15, 0.2) is 66.2 Å². The lowest BCUT2D eigenvalue weighted by Crippen LogP contribution is -2.58. The molecule has 2 aromatic carbocycles. The van der Waals surface area contributed by atoms with E-state index >= 15 is 0 Å². The summed E-state index contributed by atoms with van der Waals surface area (Å²) in [5, 5.41) is 35.6. The van der Waals surface area contributed by atoms with Crippen LogP contribution in [0, 0.1) is 12.3 Å². The molecule has 12 nitrogen and oxygen atoms in total. The Hall–Kier alpha value is -4.76. The summed E-state index contributed by atoms with van der Waals surface area (Å²) in [5.74, 6) is -0.359. The first-order valence-corrected chi connectivity index (χ1v) is 20.9. The minimum Gasteiger partial charge on any atom is -0.507 e. The second kappa shape index (κ2) is 16.8. The summed E-state index contributed by atoms with van der Waals surface area (Å²) in [6, 6.07) is 17.5. The number of para-hydroxylation sites is 1. The number of phenols is 1. The van der Waals surface area contributed by atoms with E-state index in [0.717, 1.165) is 57.8 Å². The molecule has 0 aliphatic carbocycles. The number of β-amino-alcohol motifs (C(OH)–C–C–N with tert-alkyl or cyclic N) is 1. The number of piperidine rings is 1. The van der Waals surface area contributed by atoms with Crippen LogP contribution in [0.1, 0.15) is 68.5 Å². The summed E-state index contributed by atoms with van der Waals surface area (Å²) >= 11 is 3.30. The molecule has 0 spiro atoms. The number of thiazole rings is 1. The number of phenolic OH excluding ortho intramolecular Hbond substituents is 1. The molecule has 56 heavy (non-hydrogen) atoms. The highest BCUT2D eigenvalue weighted by molar-refractivity contribution is 7.19. The number of carbonyl (C=O) groups excluding carboxylic acids is 3. The van der Waals surface area contributed by atoms with Crippen LogP contribution in [0.25, 0.3) is 31.9 Å². The first-order chi connectivity index (χ1) is 26.8. The quantitative estimate of drug-likeness (QED) is 0.128. The van der Waals surface area contributed by atoms with E-state index < -0.39 is 23.6 Å². The fraction of sp³-hybridized carbons (Fsp3) is 0.429. The fourth-order valence-electron chi connectivity index (χ4n) is 7.59. The summed E-state index contributed by atoms with van der Waals surface area (Å²) in [6.07, 6.45) is 1.45. The molecule has 0 bridgehead atoms. The lowest BCUT2D eigenvalue weighted by Gasteiger charge is -2.36. The number of amides is 3. The molecule has 0 radical (unpaired) electrons. The van der Waals surface area contributed by atoms with Gasteiger partial charge >= 0.3 is 0 Å². The number of hydrogen-bond donors (Lipinski definition) is 4. The van der Waals surface area contributed by atoms with E-state index in [1.165, 1.54) is 9.78 Å². The van der Waals surface area contributed by atoms with Gasteiger partial charge in [-0.05, 0) is 79.6 Å². The zero-order valence-corrected chi connectivity index (χ0v) is 33.8. The zero-order chi connectivity index (χ0) is 39.6. The number of rotatable bonds is 11. The summed E-state index contributed by atoms with van der Waals surface area (Å²) in [5.41, 5.74) is 6.31. The standard InChI is InChI=1S/C42H49N7O5S2/c1-25-38(55-24-44-25)28-11-9-26(10-12-28)22-43-40(53)33-19-29(50)23-49(33)41(54)39(42(2,3)4)45-37(52)15-18-48-16-13-27(14-17-48)35-21-32-36(56-35)20-31(46-47-32)30-7-5-6-8-34(30)51/h5-12,20-21,24,27,29,33,39,50-51H,13-19,22-23H2,1-4H3,(H,43,53)(H,45,52)/t29-,33+,39-/m1/s1. The van der Waals surface area contributed by atoms with Crippen molar-refractivity contribution in [2.45, 2.75) is 84.0 Å². The Morgan fingerprint density at radius 2 is 1.77 bits per heavy atom. The first kappa shape index (κ1) is 39.5. The van der Waals surface area contributed by atoms with E-state index in [-0.39, 0.29) is 49.4 Å². The van der Waals surface area contributed by atoms with Crippen molar-refractivity contribution in [2.24, 2.45) is 5.41 Å². The molecule has 0 unspecified atom stereocenters. The van der Waals surface area contributed by atoms with Crippen molar-refractivity contribution in [2.75, 3.05) is 26.2 Å². The molecule has 14 heteroatoms. The van der Waals surface area contributed by atoms with Crippen LogP contribution >= 0.6 is 22.7 Å². The van der Waals surface area contributed by atoms with Crippen molar-refractivity contribution < 1.29 is 24.6 Å². The van der Waals surface area contributed by atoms with Crippen LogP contribution in [0.4, 0.5) is 0 Å². The molecule has 3 atom stereocenters. The number of aryl methyl sites for hydroxylation is 1. The number of aliphatic hydroxyl groups is 1. The number of fused-ring (bicyclic) bond motifs is 1. The van der Waals surface area contributed by atoms with Gasteiger partial charge in [0.1, 0.15) is 23.3 Å². The second-order valence-corrected chi connectivity index (χ2v) is 17.9. The Kier molecular flexibility index (Phi) is 11.8. The number of hydrogen-bond acceptors (Lipinski definition) is 11. The number of aliphatic hydroxyl groups excluding tert-OH is 1. The summed E-state index contributed by atoms with van der Waals surface area (Å²) in [7, 11) is 0. The molecule has 7 rings (SSSR count). The second-order valence-electron chi connectivity index (χ2n) is 16.0. The van der Waals surface area contributed by atoms with Crippen molar-refractivity contribution in [3.8, 4) is 27.4 Å². The summed E-state index contributed by atoms with van der Waals surface area (Å²) in [4.78, 5) is 51.3. The molecule has 2 saturated heterocycles. The van der Waals surface area contributed by atoms with Crippen LogP contribution in [0.3, 0.4) is 0 Å². The van der Waals surface area contributed by atoms with Crippen LogP contribution in [0.2, 0.25) is 0 Å². The third-order valence-electron chi connectivity index (χ3n) is 10.8. The Balaban J connectivity index is 0.905. The molecular formula is C42H49N7O5S2. The maximum Gasteiger partial charge on any atom is 0.246 e. The number of aromatic nitrogens is 3. The van der Waals surface area contributed by atoms with Crippen molar-refractivity contribution in [1.82, 2.24) is 35.6 Å². The molecule has 5 aromatic rings. The average molecular weight is 796 g/mol. The van der Waals surface area contributed by atoms with Gasteiger partial charge in [-0.25, -0.2) is 4.98 Å². The Morgan fingerprint density at radius 1 is 1.02 bits per heavy atom. The third-order valence-corrected chi connectivity index (χ3v) is 13.0. The summed E-state index contributed by atoms with van der Waals surface area (Å²) in [6.45, 7) is 10.2. The normalized spacial score (nSPS) is 18.6. The van der Waals surface area contributed by atoms with E-state index in [0.29, 0.717) is 23.7 Å². The van der Waals surface area contributed by atoms with Crippen LogP contribution in [0.5, 0.6) is 5.75 Å². The molecule has 5 heterocycles. The predicted molar refractivity (Wildman–Crippen MR) is 219 cm³/mol. The zero-order valence-electron chi connectivity index (χ0n) is 32.2. The van der Waals surface area contributed by atoms with Gasteiger partial charge < -0.3 is 30.6 Å². The summed E-state index contributed by atoms with van der Waals surface area (Å²) < 4.78 is 1.04. The monoisotopic (exact) mass is 795 g/mol. The van der Waals surface area contributed by atoms with Crippen molar-refractivity contribution in [1.29, 1.82) is 0 Å². The fourth-order valence-corrected chi connectivity index (χ4v) is 9.61. The number of benzene rings is 2. The van der Waals surface area contributed by atoms with Gasteiger partial charge in [0.05, 0.1) is 32.6 Å². The minimum absolute atomic E-state index is 0.0291. The lowest BCUT2D eigenvalue weighted by atomic mass is 9.85. The number of nitrogens with zero attached hydrogens (tertiary/aromatic N) is 5. The average Bonchev–Trinajstić information content (AvgIpc) is 3.93. The van der Waals surface area contributed by atoms with Gasteiger partial charge in [-0.3, -0.25) is 14.4 Å². The van der Waals surface area contributed by atoms with E-state index in [4.69, 9.17) is 0 Å². The van der Waals surface area contributed by atoms with E-state index in [2.05, 4.69) is 36.8 Å². The smallest absolute Gasteiger partial charge is 0.246 e. The molecule has 294 valence electrons. The number of likely N-dealkylation sites (tertiary alicyclic amines) is 2. The molecule has 3 amide bonds. The number of carbonyl (C=O) groups is 3. The van der Waals surface area contributed by atoms with Gasteiger partial charge in [-0.2, -0.15) is 0 Å². The van der Waals surface area contributed by atoms with Crippen molar-refractivity contribution >= 4 is 50.6 Å². The molecule has 2 aliphatic heterocycles.